The topological polar surface area (TPSA) is 79.3 Å². The standard InChI is InChI=1S/C16H24ClFN2O3S/c1-15(2,3)24(22,23)20-14(13-10-11(17)6-9-19-13)16(21)7-4-12(18)5-8-16/h6,9-10,12,14,20-21H,4-5,7-8H2,1-3H3. The van der Waals surface area contributed by atoms with E-state index in [0.717, 1.165) is 0 Å². The van der Waals surface area contributed by atoms with E-state index in [-0.39, 0.29) is 25.7 Å². The highest BCUT2D eigenvalue weighted by molar-refractivity contribution is 7.90. The van der Waals surface area contributed by atoms with E-state index in [1.807, 2.05) is 0 Å². The fraction of sp³-hybridized carbons (Fsp3) is 0.688. The second-order valence-electron chi connectivity index (χ2n) is 7.34. The molecule has 1 aliphatic carbocycles. The van der Waals surface area contributed by atoms with Crippen LogP contribution in [0.2, 0.25) is 5.02 Å². The molecule has 2 rings (SSSR count). The molecule has 136 valence electrons. The Morgan fingerprint density at radius 3 is 2.50 bits per heavy atom. The van der Waals surface area contributed by atoms with Crippen LogP contribution in [0.25, 0.3) is 0 Å². The summed E-state index contributed by atoms with van der Waals surface area (Å²) in [5.74, 6) is 0. The van der Waals surface area contributed by atoms with Gasteiger partial charge in [-0.05, 0) is 58.6 Å². The number of rotatable bonds is 4. The van der Waals surface area contributed by atoms with Crippen molar-refractivity contribution in [2.24, 2.45) is 0 Å². The van der Waals surface area contributed by atoms with Gasteiger partial charge in [-0.3, -0.25) is 4.98 Å². The Morgan fingerprint density at radius 1 is 1.42 bits per heavy atom. The number of nitrogens with zero attached hydrogens (tertiary/aromatic N) is 1. The van der Waals surface area contributed by atoms with Crippen molar-refractivity contribution < 1.29 is 17.9 Å². The Hall–Kier alpha value is -0.760. The highest BCUT2D eigenvalue weighted by atomic mass is 35.5. The lowest BCUT2D eigenvalue weighted by Gasteiger charge is -2.40. The van der Waals surface area contributed by atoms with Gasteiger partial charge in [0.1, 0.15) is 6.17 Å². The number of sulfonamides is 1. The first-order valence-electron chi connectivity index (χ1n) is 7.94. The molecule has 1 aromatic rings. The highest BCUT2D eigenvalue weighted by Crippen LogP contribution is 2.40. The molecule has 0 saturated heterocycles. The average molecular weight is 379 g/mol. The summed E-state index contributed by atoms with van der Waals surface area (Å²) < 4.78 is 40.2. The van der Waals surface area contributed by atoms with Gasteiger partial charge in [0, 0.05) is 11.2 Å². The first-order chi connectivity index (χ1) is 10.9. The molecule has 8 heteroatoms. The Morgan fingerprint density at radius 2 is 2.00 bits per heavy atom. The van der Waals surface area contributed by atoms with Crippen LogP contribution in [0.3, 0.4) is 0 Å². The van der Waals surface area contributed by atoms with Crippen molar-refractivity contribution in [2.75, 3.05) is 0 Å². The number of nitrogens with one attached hydrogen (secondary N) is 1. The molecular formula is C16H24ClFN2O3S. The zero-order valence-corrected chi connectivity index (χ0v) is 15.7. The van der Waals surface area contributed by atoms with Gasteiger partial charge < -0.3 is 5.11 Å². The molecule has 5 nitrogen and oxygen atoms in total. The summed E-state index contributed by atoms with van der Waals surface area (Å²) in [6.45, 7) is 4.71. The Balaban J connectivity index is 2.43. The molecule has 2 N–H and O–H groups in total. The molecule has 1 aromatic heterocycles. The van der Waals surface area contributed by atoms with Gasteiger partial charge in [0.2, 0.25) is 10.0 Å². The van der Waals surface area contributed by atoms with Crippen LogP contribution in [0.4, 0.5) is 4.39 Å². The number of pyridine rings is 1. The number of hydrogen-bond donors (Lipinski definition) is 2. The van der Waals surface area contributed by atoms with Crippen LogP contribution in [0.1, 0.15) is 58.2 Å². The normalized spacial score (nSPS) is 27.0. The zero-order valence-electron chi connectivity index (χ0n) is 14.1. The summed E-state index contributed by atoms with van der Waals surface area (Å²) in [6, 6.07) is 2.12. The second kappa shape index (κ2) is 6.86. The Bertz CT molecular complexity index is 683. The minimum Gasteiger partial charge on any atom is -0.388 e. The van der Waals surface area contributed by atoms with E-state index in [1.54, 1.807) is 26.8 Å². The van der Waals surface area contributed by atoms with Crippen molar-refractivity contribution >= 4 is 21.6 Å². The number of aromatic nitrogens is 1. The molecule has 0 aliphatic heterocycles. The molecule has 1 unspecified atom stereocenters. The molecule has 1 aliphatic rings. The van der Waals surface area contributed by atoms with Crippen molar-refractivity contribution in [3.63, 3.8) is 0 Å². The molecule has 1 atom stereocenters. The van der Waals surface area contributed by atoms with E-state index in [0.29, 0.717) is 10.7 Å². The lowest BCUT2D eigenvalue weighted by Crippen LogP contribution is -2.52. The third-order valence-corrected chi connectivity index (χ3v) is 6.83. The molecule has 1 fully saturated rings. The summed E-state index contributed by atoms with van der Waals surface area (Å²) in [6.07, 6.45) is 1.16. The third-order valence-electron chi connectivity index (χ3n) is 4.44. The molecule has 1 saturated carbocycles. The van der Waals surface area contributed by atoms with Crippen LogP contribution >= 0.6 is 11.6 Å². The van der Waals surface area contributed by atoms with E-state index >= 15 is 0 Å². The molecular weight excluding hydrogens is 355 g/mol. The number of aliphatic hydroxyl groups is 1. The third kappa shape index (κ3) is 4.25. The molecule has 1 heterocycles. The van der Waals surface area contributed by atoms with Crippen molar-refractivity contribution in [2.45, 2.75) is 69.0 Å². The molecule has 0 bridgehead atoms. The summed E-state index contributed by atoms with van der Waals surface area (Å²) in [4.78, 5) is 4.18. The van der Waals surface area contributed by atoms with E-state index < -0.39 is 32.6 Å². The van der Waals surface area contributed by atoms with E-state index in [1.165, 1.54) is 12.3 Å². The van der Waals surface area contributed by atoms with Crippen molar-refractivity contribution in [3.05, 3.63) is 29.0 Å². The van der Waals surface area contributed by atoms with Crippen LogP contribution in [0.15, 0.2) is 18.3 Å². The van der Waals surface area contributed by atoms with Gasteiger partial charge in [0.05, 0.1) is 22.1 Å². The summed E-state index contributed by atoms with van der Waals surface area (Å²) in [5, 5.41) is 11.4. The van der Waals surface area contributed by atoms with Gasteiger partial charge in [-0.1, -0.05) is 11.6 Å². The fourth-order valence-electron chi connectivity index (χ4n) is 2.73. The van der Waals surface area contributed by atoms with Gasteiger partial charge in [-0.15, -0.1) is 0 Å². The zero-order chi connectivity index (χ0) is 18.2. The first kappa shape index (κ1) is 19.6. The Labute approximate surface area is 147 Å². The maximum Gasteiger partial charge on any atom is 0.217 e. The maximum atomic E-state index is 13.5. The fourth-order valence-corrected chi connectivity index (χ4v) is 3.90. The van der Waals surface area contributed by atoms with Crippen molar-refractivity contribution in [1.82, 2.24) is 9.71 Å². The van der Waals surface area contributed by atoms with Crippen molar-refractivity contribution in [1.29, 1.82) is 0 Å². The Kier molecular flexibility index (Phi) is 5.59. The molecule has 0 aromatic carbocycles. The van der Waals surface area contributed by atoms with Crippen LogP contribution in [0.5, 0.6) is 0 Å². The average Bonchev–Trinajstić information content (AvgIpc) is 2.47. The smallest absolute Gasteiger partial charge is 0.217 e. The number of alkyl halides is 1. The lowest BCUT2D eigenvalue weighted by molar-refractivity contribution is -0.0418. The largest absolute Gasteiger partial charge is 0.388 e. The minimum absolute atomic E-state index is 0.152. The lowest BCUT2D eigenvalue weighted by atomic mass is 9.78. The number of hydrogen-bond acceptors (Lipinski definition) is 4. The predicted octanol–water partition coefficient (Wildman–Crippen LogP) is 3.14. The van der Waals surface area contributed by atoms with Gasteiger partial charge in [0.15, 0.2) is 0 Å². The first-order valence-corrected chi connectivity index (χ1v) is 9.80. The molecule has 0 amide bonds. The van der Waals surface area contributed by atoms with Gasteiger partial charge in [0.25, 0.3) is 0 Å². The van der Waals surface area contributed by atoms with Crippen LogP contribution in [-0.4, -0.2) is 35.0 Å². The molecule has 24 heavy (non-hydrogen) atoms. The molecule has 0 radical (unpaired) electrons. The summed E-state index contributed by atoms with van der Waals surface area (Å²) >= 11 is 6.00. The summed E-state index contributed by atoms with van der Waals surface area (Å²) in [5.41, 5.74) is -1.08. The van der Waals surface area contributed by atoms with E-state index in [2.05, 4.69) is 9.71 Å². The van der Waals surface area contributed by atoms with Crippen LogP contribution < -0.4 is 4.72 Å². The van der Waals surface area contributed by atoms with Gasteiger partial charge >= 0.3 is 0 Å². The second-order valence-corrected chi connectivity index (χ2v) is 10.2. The van der Waals surface area contributed by atoms with Crippen LogP contribution in [-0.2, 0) is 10.0 Å². The van der Waals surface area contributed by atoms with Crippen LogP contribution in [0, 0.1) is 0 Å². The van der Waals surface area contributed by atoms with Gasteiger partial charge in [-0.2, -0.15) is 0 Å². The van der Waals surface area contributed by atoms with E-state index in [9.17, 15) is 17.9 Å². The van der Waals surface area contributed by atoms with Gasteiger partial charge in [-0.25, -0.2) is 17.5 Å². The maximum absolute atomic E-state index is 13.5. The predicted molar refractivity (Wildman–Crippen MR) is 92.1 cm³/mol. The number of halogens is 2. The monoisotopic (exact) mass is 378 g/mol. The molecule has 0 spiro atoms. The summed E-state index contributed by atoms with van der Waals surface area (Å²) in [7, 11) is -3.75. The minimum atomic E-state index is -3.75. The highest BCUT2D eigenvalue weighted by Gasteiger charge is 2.45. The quantitative estimate of drug-likeness (QED) is 0.843. The van der Waals surface area contributed by atoms with E-state index in [4.69, 9.17) is 11.6 Å². The van der Waals surface area contributed by atoms with Crippen molar-refractivity contribution in [3.8, 4) is 0 Å². The SMILES string of the molecule is CC(C)(C)S(=O)(=O)NC(c1cc(Cl)ccn1)C1(O)CCC(F)CC1.